The highest BCUT2D eigenvalue weighted by Crippen LogP contribution is 2.31. The number of aliphatic imine (C=N–C) groups is 1. The predicted octanol–water partition coefficient (Wildman–Crippen LogP) is 5.49. The maximum atomic E-state index is 9.74. The number of hydrogen-bond acceptors (Lipinski definition) is 8. The Morgan fingerprint density at radius 1 is 1.42 bits per heavy atom. The fourth-order valence-electron chi connectivity index (χ4n) is 2.92. The lowest BCUT2D eigenvalue weighted by atomic mass is 10.2. The minimum Gasteiger partial charge on any atom is -0.386 e. The number of aliphatic hydroxyl groups is 1. The molecule has 168 valence electrons. The molecule has 6 nitrogen and oxygen atoms in total. The lowest BCUT2D eigenvalue weighted by Gasteiger charge is -2.16. The van der Waals surface area contributed by atoms with E-state index in [-0.39, 0.29) is 0 Å². The molecule has 0 radical (unpaired) electrons. The Morgan fingerprint density at radius 2 is 2.23 bits per heavy atom. The SMILES string of the molecule is C=CCCCCN(C)Cc1ccc(NCS/C=C(\N=C)c2sc(C(C)O)nc2C)nc1. The molecule has 0 saturated carbocycles. The van der Waals surface area contributed by atoms with Crippen LogP contribution >= 0.6 is 23.1 Å². The van der Waals surface area contributed by atoms with Crippen LogP contribution in [0.5, 0.6) is 0 Å². The van der Waals surface area contributed by atoms with Crippen LogP contribution in [0.25, 0.3) is 5.70 Å². The monoisotopic (exact) mass is 459 g/mol. The van der Waals surface area contributed by atoms with Crippen molar-refractivity contribution in [3.8, 4) is 0 Å². The minimum atomic E-state index is -0.580. The van der Waals surface area contributed by atoms with E-state index >= 15 is 0 Å². The van der Waals surface area contributed by atoms with Gasteiger partial charge >= 0.3 is 0 Å². The molecule has 0 aliphatic carbocycles. The Kier molecular flexibility index (Phi) is 10.9. The van der Waals surface area contributed by atoms with Crippen molar-refractivity contribution < 1.29 is 5.11 Å². The third kappa shape index (κ3) is 8.57. The summed E-state index contributed by atoms with van der Waals surface area (Å²) in [4.78, 5) is 16.3. The summed E-state index contributed by atoms with van der Waals surface area (Å²) in [5.74, 6) is 1.51. The van der Waals surface area contributed by atoms with E-state index in [9.17, 15) is 5.11 Å². The largest absolute Gasteiger partial charge is 0.386 e. The van der Waals surface area contributed by atoms with Gasteiger partial charge < -0.3 is 15.3 Å². The molecule has 0 saturated heterocycles. The molecule has 0 fully saturated rings. The first-order valence-electron chi connectivity index (χ1n) is 10.4. The number of nitrogens with one attached hydrogen (secondary N) is 1. The highest BCUT2D eigenvalue weighted by molar-refractivity contribution is 8.02. The lowest BCUT2D eigenvalue weighted by Crippen LogP contribution is -2.19. The van der Waals surface area contributed by atoms with E-state index in [0.717, 1.165) is 41.6 Å². The highest BCUT2D eigenvalue weighted by atomic mass is 32.2. The van der Waals surface area contributed by atoms with Crippen LogP contribution in [0.4, 0.5) is 5.82 Å². The summed E-state index contributed by atoms with van der Waals surface area (Å²) < 4.78 is 0. The number of aliphatic hydroxyl groups excluding tert-OH is 1. The smallest absolute Gasteiger partial charge is 0.126 e. The molecular weight excluding hydrogens is 426 g/mol. The number of aromatic nitrogens is 2. The summed E-state index contributed by atoms with van der Waals surface area (Å²) in [6.45, 7) is 13.1. The number of nitrogens with zero attached hydrogens (tertiary/aromatic N) is 4. The third-order valence-electron chi connectivity index (χ3n) is 4.58. The summed E-state index contributed by atoms with van der Waals surface area (Å²) in [5, 5.41) is 15.7. The maximum Gasteiger partial charge on any atom is 0.126 e. The van der Waals surface area contributed by atoms with E-state index in [2.05, 4.69) is 51.6 Å². The zero-order chi connectivity index (χ0) is 22.6. The molecule has 2 rings (SSSR count). The van der Waals surface area contributed by atoms with Gasteiger partial charge in [0.1, 0.15) is 16.9 Å². The predicted molar refractivity (Wildman–Crippen MR) is 136 cm³/mol. The van der Waals surface area contributed by atoms with Gasteiger partial charge in [-0.25, -0.2) is 9.97 Å². The van der Waals surface area contributed by atoms with Gasteiger partial charge in [-0.3, -0.25) is 4.99 Å². The van der Waals surface area contributed by atoms with Crippen LogP contribution in [0.2, 0.25) is 0 Å². The van der Waals surface area contributed by atoms with Crippen molar-refractivity contribution in [2.24, 2.45) is 4.99 Å². The lowest BCUT2D eigenvalue weighted by molar-refractivity contribution is 0.198. The molecule has 0 bridgehead atoms. The summed E-state index contributed by atoms with van der Waals surface area (Å²) in [6.07, 6.45) is 6.78. The van der Waals surface area contributed by atoms with Crippen LogP contribution < -0.4 is 5.32 Å². The minimum absolute atomic E-state index is 0.580. The molecule has 0 aliphatic rings. The second-order valence-electron chi connectivity index (χ2n) is 7.37. The number of thiazole rings is 1. The van der Waals surface area contributed by atoms with E-state index in [1.807, 2.05) is 30.7 Å². The Bertz CT molecular complexity index is 861. The van der Waals surface area contributed by atoms with Crippen LogP contribution in [0, 0.1) is 6.92 Å². The van der Waals surface area contributed by atoms with Gasteiger partial charge in [-0.15, -0.1) is 29.7 Å². The molecule has 1 atom stereocenters. The van der Waals surface area contributed by atoms with Gasteiger partial charge in [-0.2, -0.15) is 0 Å². The van der Waals surface area contributed by atoms with Gasteiger partial charge in [0.25, 0.3) is 0 Å². The summed E-state index contributed by atoms with van der Waals surface area (Å²) in [6, 6.07) is 4.13. The van der Waals surface area contributed by atoms with E-state index < -0.39 is 6.10 Å². The van der Waals surface area contributed by atoms with Crippen molar-refractivity contribution in [1.29, 1.82) is 0 Å². The highest BCUT2D eigenvalue weighted by Gasteiger charge is 2.14. The van der Waals surface area contributed by atoms with Gasteiger partial charge in [-0.1, -0.05) is 12.1 Å². The fourth-order valence-corrected chi connectivity index (χ4v) is 4.64. The molecule has 1 unspecified atom stereocenters. The van der Waals surface area contributed by atoms with Crippen molar-refractivity contribution in [2.75, 3.05) is 24.8 Å². The van der Waals surface area contributed by atoms with Crippen LogP contribution in [0.1, 0.15) is 53.4 Å². The van der Waals surface area contributed by atoms with Crippen molar-refractivity contribution in [3.05, 3.63) is 57.5 Å². The van der Waals surface area contributed by atoms with E-state index in [1.54, 1.807) is 18.7 Å². The Labute approximate surface area is 194 Å². The van der Waals surface area contributed by atoms with Crippen molar-refractivity contribution >= 4 is 41.3 Å². The normalized spacial score (nSPS) is 12.7. The number of thioether (sulfide) groups is 1. The molecule has 31 heavy (non-hydrogen) atoms. The van der Waals surface area contributed by atoms with Gasteiger partial charge in [-0.05, 0) is 70.5 Å². The Hall–Kier alpha value is -2.00. The first-order chi connectivity index (χ1) is 14.9. The topological polar surface area (TPSA) is 73.6 Å². The first-order valence-corrected chi connectivity index (χ1v) is 12.2. The maximum absolute atomic E-state index is 9.74. The number of aryl methyl sites for hydroxylation is 1. The van der Waals surface area contributed by atoms with E-state index in [1.165, 1.54) is 29.7 Å². The summed E-state index contributed by atoms with van der Waals surface area (Å²) in [5.41, 5.74) is 2.83. The van der Waals surface area contributed by atoms with E-state index in [4.69, 9.17) is 0 Å². The number of allylic oxidation sites excluding steroid dienone is 1. The number of pyridine rings is 1. The zero-order valence-corrected chi connectivity index (χ0v) is 20.3. The summed E-state index contributed by atoms with van der Waals surface area (Å²) >= 11 is 3.03. The van der Waals surface area contributed by atoms with Gasteiger partial charge in [0.05, 0.1) is 22.1 Å². The summed E-state index contributed by atoms with van der Waals surface area (Å²) in [7, 11) is 2.14. The molecular formula is C23H33N5OS2. The molecule has 2 aromatic rings. The fraction of sp³-hybridized carbons (Fsp3) is 0.435. The Balaban J connectivity index is 1.81. The molecule has 2 aromatic heterocycles. The number of unbranched alkanes of at least 4 members (excludes halogenated alkanes) is 2. The van der Waals surface area contributed by atoms with Crippen LogP contribution in [-0.2, 0) is 6.54 Å². The molecule has 2 N–H and O–H groups in total. The average Bonchev–Trinajstić information content (AvgIpc) is 3.14. The quantitative estimate of drug-likeness (QED) is 0.168. The second kappa shape index (κ2) is 13.4. The van der Waals surface area contributed by atoms with Gasteiger partial charge in [0, 0.05) is 12.7 Å². The zero-order valence-electron chi connectivity index (χ0n) is 18.7. The number of anilines is 1. The molecule has 0 aromatic carbocycles. The number of rotatable bonds is 14. The number of hydrogen-bond donors (Lipinski definition) is 2. The second-order valence-corrected chi connectivity index (χ2v) is 9.25. The first kappa shape index (κ1) is 25.3. The molecule has 2 heterocycles. The van der Waals surface area contributed by atoms with Crippen LogP contribution in [-0.4, -0.2) is 46.2 Å². The van der Waals surface area contributed by atoms with Crippen molar-refractivity contribution in [3.63, 3.8) is 0 Å². The average molecular weight is 460 g/mol. The van der Waals surface area contributed by atoms with Crippen molar-refractivity contribution in [1.82, 2.24) is 14.9 Å². The van der Waals surface area contributed by atoms with Gasteiger partial charge in [0.2, 0.25) is 0 Å². The standard InChI is InChI=1S/C23H33N5OS2/c1-6-7-8-9-12-28(5)14-19-10-11-21(25-13-19)26-16-30-15-20(24-4)22-17(2)27-23(31-22)18(3)29/h6,10-11,13,15,18,29H,1,4,7-9,12,14,16H2,2-3,5H3,(H,25,26)/b20-15-. The molecule has 0 aliphatic heterocycles. The van der Waals surface area contributed by atoms with Crippen LogP contribution in [0.3, 0.4) is 0 Å². The van der Waals surface area contributed by atoms with Crippen molar-refractivity contribution in [2.45, 2.75) is 45.8 Å². The molecule has 0 spiro atoms. The Morgan fingerprint density at radius 3 is 2.84 bits per heavy atom. The van der Waals surface area contributed by atoms with Gasteiger partial charge in [0.15, 0.2) is 0 Å². The van der Waals surface area contributed by atoms with E-state index in [0.29, 0.717) is 10.9 Å². The molecule has 8 heteroatoms. The molecule has 0 amide bonds. The van der Waals surface area contributed by atoms with Crippen LogP contribution in [0.15, 0.2) is 41.4 Å². The third-order valence-corrected chi connectivity index (χ3v) is 6.63.